The van der Waals surface area contributed by atoms with Gasteiger partial charge in [0.25, 0.3) is 0 Å². The molecule has 1 aliphatic rings. The SMILES string of the molecule is BCCCN(C)C1CCCCC1N(C)CCCB. The van der Waals surface area contributed by atoms with Crippen LogP contribution in [0.2, 0.25) is 12.6 Å². The quantitative estimate of drug-likeness (QED) is 0.594. The van der Waals surface area contributed by atoms with E-state index in [1.54, 1.807) is 0 Å². The van der Waals surface area contributed by atoms with Gasteiger partial charge in [0.2, 0.25) is 0 Å². The van der Waals surface area contributed by atoms with Crippen LogP contribution in [0.4, 0.5) is 0 Å². The van der Waals surface area contributed by atoms with Crippen LogP contribution in [0.25, 0.3) is 0 Å². The second kappa shape index (κ2) is 9.03. The summed E-state index contributed by atoms with van der Waals surface area (Å²) in [6.45, 7) is 2.55. The van der Waals surface area contributed by atoms with E-state index < -0.39 is 0 Å². The first-order chi connectivity index (χ1) is 8.70. The lowest BCUT2D eigenvalue weighted by Crippen LogP contribution is -2.51. The van der Waals surface area contributed by atoms with Gasteiger partial charge in [-0.3, -0.25) is 0 Å². The molecule has 0 spiro atoms. The largest absolute Gasteiger partial charge is 0.302 e. The molecular weight excluding hydrogens is 218 g/mol. The van der Waals surface area contributed by atoms with Gasteiger partial charge in [-0.05, 0) is 52.9 Å². The number of likely N-dealkylation sites (N-methyl/N-ethyl adjacent to an activating group) is 2. The maximum absolute atomic E-state index is 2.63. The molecule has 1 fully saturated rings. The van der Waals surface area contributed by atoms with Crippen LogP contribution in [-0.2, 0) is 0 Å². The van der Waals surface area contributed by atoms with Gasteiger partial charge in [0.05, 0.1) is 0 Å². The van der Waals surface area contributed by atoms with Gasteiger partial charge in [-0.25, -0.2) is 0 Å². The van der Waals surface area contributed by atoms with E-state index in [9.17, 15) is 0 Å². The highest BCUT2D eigenvalue weighted by Gasteiger charge is 2.30. The zero-order valence-electron chi connectivity index (χ0n) is 13.1. The zero-order chi connectivity index (χ0) is 13.4. The van der Waals surface area contributed by atoms with E-state index in [1.807, 2.05) is 0 Å². The van der Waals surface area contributed by atoms with E-state index in [0.29, 0.717) is 0 Å². The molecule has 18 heavy (non-hydrogen) atoms. The fourth-order valence-corrected chi connectivity index (χ4v) is 3.27. The summed E-state index contributed by atoms with van der Waals surface area (Å²) in [5.74, 6) is 0. The van der Waals surface area contributed by atoms with E-state index in [2.05, 4.69) is 39.6 Å². The van der Waals surface area contributed by atoms with Crippen LogP contribution in [-0.4, -0.2) is 64.8 Å². The van der Waals surface area contributed by atoms with Crippen molar-refractivity contribution in [3.05, 3.63) is 0 Å². The Morgan fingerprint density at radius 3 is 1.56 bits per heavy atom. The molecule has 0 bridgehead atoms. The van der Waals surface area contributed by atoms with Crippen molar-refractivity contribution in [2.45, 2.75) is 63.2 Å². The summed E-state index contributed by atoms with van der Waals surface area (Å²) in [4.78, 5) is 5.27. The molecule has 0 aromatic rings. The van der Waals surface area contributed by atoms with Gasteiger partial charge < -0.3 is 9.80 Å². The molecule has 0 heterocycles. The van der Waals surface area contributed by atoms with Gasteiger partial charge >= 0.3 is 0 Å². The minimum atomic E-state index is 0.798. The molecule has 0 saturated heterocycles. The van der Waals surface area contributed by atoms with Crippen molar-refractivity contribution in [1.82, 2.24) is 9.80 Å². The van der Waals surface area contributed by atoms with E-state index in [1.165, 1.54) is 64.3 Å². The molecule has 0 aliphatic heterocycles. The van der Waals surface area contributed by atoms with Gasteiger partial charge in [0.15, 0.2) is 0 Å². The summed E-state index contributed by atoms with van der Waals surface area (Å²) in [6, 6.07) is 1.60. The standard InChI is InChI=1S/C14H32B2N2/c1-17(11-5-9-15)13-7-3-4-8-14(13)18(2)12-6-10-16/h13-14H,3-12,15-16H2,1-2H3. The fourth-order valence-electron chi connectivity index (χ4n) is 3.27. The summed E-state index contributed by atoms with van der Waals surface area (Å²) < 4.78 is 0. The van der Waals surface area contributed by atoms with Crippen LogP contribution in [0.1, 0.15) is 38.5 Å². The van der Waals surface area contributed by atoms with Crippen molar-refractivity contribution in [2.75, 3.05) is 27.2 Å². The molecule has 0 aromatic heterocycles. The molecule has 4 heteroatoms. The van der Waals surface area contributed by atoms with Crippen molar-refractivity contribution < 1.29 is 0 Å². The molecule has 0 radical (unpaired) electrons. The first-order valence-electron chi connectivity index (χ1n) is 8.11. The van der Waals surface area contributed by atoms with Gasteiger partial charge in [-0.1, -0.05) is 25.5 Å². The summed E-state index contributed by atoms with van der Waals surface area (Å²) in [6.07, 6.45) is 11.0. The zero-order valence-corrected chi connectivity index (χ0v) is 13.1. The summed E-state index contributed by atoms with van der Waals surface area (Å²) >= 11 is 0. The second-order valence-electron chi connectivity index (χ2n) is 6.09. The highest BCUT2D eigenvalue weighted by atomic mass is 15.2. The molecule has 2 atom stereocenters. The van der Waals surface area contributed by atoms with Crippen molar-refractivity contribution >= 4 is 15.7 Å². The minimum Gasteiger partial charge on any atom is -0.302 e. The lowest BCUT2D eigenvalue weighted by atomic mass is 9.87. The van der Waals surface area contributed by atoms with Crippen LogP contribution in [0, 0.1) is 0 Å². The molecule has 0 aromatic carbocycles. The lowest BCUT2D eigenvalue weighted by molar-refractivity contribution is 0.0778. The maximum atomic E-state index is 2.63. The third-order valence-corrected chi connectivity index (χ3v) is 4.55. The normalized spacial score (nSPS) is 24.9. The lowest BCUT2D eigenvalue weighted by Gasteiger charge is -2.42. The molecule has 0 amide bonds. The average molecular weight is 250 g/mol. The van der Waals surface area contributed by atoms with Gasteiger partial charge in [0, 0.05) is 12.1 Å². The van der Waals surface area contributed by atoms with Crippen LogP contribution >= 0.6 is 0 Å². The molecule has 104 valence electrons. The van der Waals surface area contributed by atoms with Crippen LogP contribution in [0.3, 0.4) is 0 Å². The van der Waals surface area contributed by atoms with Crippen molar-refractivity contribution in [1.29, 1.82) is 0 Å². The monoisotopic (exact) mass is 250 g/mol. The molecule has 2 nitrogen and oxygen atoms in total. The molecule has 1 aliphatic carbocycles. The van der Waals surface area contributed by atoms with Crippen LogP contribution < -0.4 is 0 Å². The Balaban J connectivity index is 2.49. The number of rotatable bonds is 8. The minimum absolute atomic E-state index is 0.798. The molecule has 0 N–H and O–H groups in total. The van der Waals surface area contributed by atoms with Crippen molar-refractivity contribution in [2.24, 2.45) is 0 Å². The van der Waals surface area contributed by atoms with Gasteiger partial charge in [-0.15, -0.1) is 0 Å². The topological polar surface area (TPSA) is 6.48 Å². The first-order valence-corrected chi connectivity index (χ1v) is 8.11. The highest BCUT2D eigenvalue weighted by molar-refractivity contribution is 6.08. The smallest absolute Gasteiger partial charge is 0.101 e. The van der Waals surface area contributed by atoms with E-state index in [-0.39, 0.29) is 0 Å². The number of hydrogen-bond donors (Lipinski definition) is 0. The Hall–Kier alpha value is 0.0499. The fraction of sp³-hybridized carbons (Fsp3) is 1.00. The van der Waals surface area contributed by atoms with Crippen molar-refractivity contribution in [3.63, 3.8) is 0 Å². The Labute approximate surface area is 116 Å². The number of nitrogens with zero attached hydrogens (tertiary/aromatic N) is 2. The predicted molar refractivity (Wildman–Crippen MR) is 87.2 cm³/mol. The van der Waals surface area contributed by atoms with E-state index >= 15 is 0 Å². The Morgan fingerprint density at radius 1 is 0.833 bits per heavy atom. The molecule has 2 unspecified atom stereocenters. The predicted octanol–water partition coefficient (Wildman–Crippen LogP) is 1.04. The van der Waals surface area contributed by atoms with Gasteiger partial charge in [0.1, 0.15) is 15.7 Å². The number of hydrogen-bond acceptors (Lipinski definition) is 2. The molecule has 1 saturated carbocycles. The van der Waals surface area contributed by atoms with Gasteiger partial charge in [-0.2, -0.15) is 0 Å². The summed E-state index contributed by atoms with van der Waals surface area (Å²) in [7, 11) is 9.26. The molecule has 1 rings (SSSR count). The molecular formula is C14H32B2N2. The van der Waals surface area contributed by atoms with Crippen molar-refractivity contribution in [3.8, 4) is 0 Å². The maximum Gasteiger partial charge on any atom is 0.101 e. The summed E-state index contributed by atoms with van der Waals surface area (Å²) in [5.41, 5.74) is 0. The van der Waals surface area contributed by atoms with Crippen LogP contribution in [0.15, 0.2) is 0 Å². The third-order valence-electron chi connectivity index (χ3n) is 4.55. The Morgan fingerprint density at radius 2 is 1.22 bits per heavy atom. The van der Waals surface area contributed by atoms with E-state index in [4.69, 9.17) is 0 Å². The average Bonchev–Trinajstić information content (AvgIpc) is 2.42. The first kappa shape index (κ1) is 16.1. The third kappa shape index (κ3) is 4.97. The van der Waals surface area contributed by atoms with E-state index in [0.717, 1.165) is 12.1 Å². The Bertz CT molecular complexity index is 192. The van der Waals surface area contributed by atoms with Crippen LogP contribution in [0.5, 0.6) is 0 Å². The highest BCUT2D eigenvalue weighted by Crippen LogP contribution is 2.26. The Kier molecular flexibility index (Phi) is 8.08. The summed E-state index contributed by atoms with van der Waals surface area (Å²) in [5, 5.41) is 0. The second-order valence-corrected chi connectivity index (χ2v) is 6.09.